The second kappa shape index (κ2) is 9.23. The maximum atomic E-state index is 12.0. The van der Waals surface area contributed by atoms with Gasteiger partial charge in [-0.05, 0) is 37.6 Å². The monoisotopic (exact) mass is 300 g/mol. The summed E-state index contributed by atoms with van der Waals surface area (Å²) in [6.07, 6.45) is 5.91. The maximum Gasteiger partial charge on any atom is 0.374 e. The van der Waals surface area contributed by atoms with Crippen LogP contribution in [0.4, 0.5) is 0 Å². The van der Waals surface area contributed by atoms with Gasteiger partial charge in [0.05, 0.1) is 6.61 Å². The van der Waals surface area contributed by atoms with Crippen molar-refractivity contribution in [1.29, 1.82) is 0 Å². The van der Waals surface area contributed by atoms with Crippen molar-refractivity contribution < 1.29 is 19.4 Å². The van der Waals surface area contributed by atoms with Crippen molar-refractivity contribution in [2.75, 3.05) is 6.61 Å². The summed E-state index contributed by atoms with van der Waals surface area (Å²) >= 11 is 0. The number of benzene rings is 1. The first-order valence-corrected chi connectivity index (χ1v) is 6.92. The molecule has 0 saturated carbocycles. The average molecular weight is 300 g/mol. The van der Waals surface area contributed by atoms with Gasteiger partial charge in [0.15, 0.2) is 11.5 Å². The van der Waals surface area contributed by atoms with Gasteiger partial charge < -0.3 is 14.6 Å². The van der Waals surface area contributed by atoms with Gasteiger partial charge in [0, 0.05) is 0 Å². The van der Waals surface area contributed by atoms with Gasteiger partial charge in [0.25, 0.3) is 0 Å². The number of allylic oxidation sites excluding steroid dienone is 3. The van der Waals surface area contributed by atoms with Crippen molar-refractivity contribution in [3.05, 3.63) is 78.0 Å². The molecular formula is C18H20O4. The molecule has 0 heterocycles. The summed E-state index contributed by atoms with van der Waals surface area (Å²) in [5.74, 6) is -0.585. The minimum Gasteiger partial charge on any atom is -0.504 e. The SMILES string of the molecule is C=C/C=C(O)\C(=C/C)O/C(=C\c1ccccc1)C(=O)OCC. The van der Waals surface area contributed by atoms with Gasteiger partial charge in [0.1, 0.15) is 0 Å². The zero-order chi connectivity index (χ0) is 16.4. The van der Waals surface area contributed by atoms with Gasteiger partial charge in [-0.2, -0.15) is 0 Å². The number of carbonyl (C=O) groups is 1. The Balaban J connectivity index is 3.11. The molecule has 4 heteroatoms. The van der Waals surface area contributed by atoms with Crippen LogP contribution in [0.25, 0.3) is 6.08 Å². The Bertz CT molecular complexity index is 595. The summed E-state index contributed by atoms with van der Waals surface area (Å²) in [7, 11) is 0. The lowest BCUT2D eigenvalue weighted by atomic mass is 10.2. The number of aliphatic hydroxyl groups is 1. The Morgan fingerprint density at radius 1 is 1.27 bits per heavy atom. The van der Waals surface area contributed by atoms with E-state index in [9.17, 15) is 9.90 Å². The van der Waals surface area contributed by atoms with Gasteiger partial charge in [-0.25, -0.2) is 4.79 Å². The quantitative estimate of drug-likeness (QED) is 0.356. The van der Waals surface area contributed by atoms with Crippen LogP contribution in [0.5, 0.6) is 0 Å². The number of hydrogen-bond donors (Lipinski definition) is 1. The molecule has 0 atom stereocenters. The molecule has 0 aliphatic rings. The molecule has 0 spiro atoms. The molecule has 0 aliphatic carbocycles. The molecule has 1 aromatic rings. The molecule has 116 valence electrons. The fourth-order valence-electron chi connectivity index (χ4n) is 1.60. The summed E-state index contributed by atoms with van der Waals surface area (Å²) in [6.45, 7) is 7.13. The van der Waals surface area contributed by atoms with Crippen LogP contribution in [0.3, 0.4) is 0 Å². The molecule has 0 saturated heterocycles. The van der Waals surface area contributed by atoms with Gasteiger partial charge in [-0.3, -0.25) is 0 Å². The van der Waals surface area contributed by atoms with Crippen molar-refractivity contribution in [2.45, 2.75) is 13.8 Å². The van der Waals surface area contributed by atoms with Crippen LogP contribution in [-0.2, 0) is 14.3 Å². The summed E-state index contributed by atoms with van der Waals surface area (Å²) < 4.78 is 10.5. The molecule has 0 radical (unpaired) electrons. The fraction of sp³-hybridized carbons (Fsp3) is 0.167. The summed E-state index contributed by atoms with van der Waals surface area (Å²) in [5.41, 5.74) is 0.785. The number of esters is 1. The van der Waals surface area contributed by atoms with Crippen LogP contribution in [0.15, 0.2) is 72.4 Å². The molecule has 1 aromatic carbocycles. The van der Waals surface area contributed by atoms with Crippen molar-refractivity contribution in [3.8, 4) is 0 Å². The molecule has 1 rings (SSSR count). The third-order valence-electron chi connectivity index (χ3n) is 2.58. The summed E-state index contributed by atoms with van der Waals surface area (Å²) in [5, 5.41) is 9.85. The Labute approximate surface area is 130 Å². The van der Waals surface area contributed by atoms with E-state index in [1.165, 1.54) is 12.2 Å². The van der Waals surface area contributed by atoms with E-state index >= 15 is 0 Å². The number of carbonyl (C=O) groups excluding carboxylic acids is 1. The van der Waals surface area contributed by atoms with Crippen molar-refractivity contribution in [1.82, 2.24) is 0 Å². The topological polar surface area (TPSA) is 55.8 Å². The lowest BCUT2D eigenvalue weighted by Crippen LogP contribution is -2.11. The normalized spacial score (nSPS) is 12.7. The predicted octanol–water partition coefficient (Wildman–Crippen LogP) is 4.14. The highest BCUT2D eigenvalue weighted by Gasteiger charge is 2.16. The maximum absolute atomic E-state index is 12.0. The molecule has 0 aromatic heterocycles. The van der Waals surface area contributed by atoms with Gasteiger partial charge in [0.2, 0.25) is 5.76 Å². The van der Waals surface area contributed by atoms with Crippen molar-refractivity contribution in [2.24, 2.45) is 0 Å². The van der Waals surface area contributed by atoms with Gasteiger partial charge >= 0.3 is 5.97 Å². The molecule has 22 heavy (non-hydrogen) atoms. The third kappa shape index (κ3) is 5.32. The van der Waals surface area contributed by atoms with E-state index < -0.39 is 5.97 Å². The average Bonchev–Trinajstić information content (AvgIpc) is 2.52. The van der Waals surface area contributed by atoms with E-state index in [2.05, 4.69) is 6.58 Å². The standard InChI is InChI=1S/C18H20O4/c1-4-10-15(19)16(5-2)22-17(18(20)21-6-3)13-14-11-8-7-9-12-14/h4-5,7-13,19H,1,6H2,2-3H3/b15-10+,16-5+,17-13-. The van der Waals surface area contributed by atoms with Gasteiger partial charge in [-0.1, -0.05) is 43.0 Å². The summed E-state index contributed by atoms with van der Waals surface area (Å²) in [6, 6.07) is 9.23. The first kappa shape index (κ1) is 17.3. The second-order valence-corrected chi connectivity index (χ2v) is 4.18. The molecule has 0 fully saturated rings. The molecule has 0 unspecified atom stereocenters. The highest BCUT2D eigenvalue weighted by molar-refractivity contribution is 5.91. The molecule has 0 amide bonds. The number of rotatable bonds is 7. The van der Waals surface area contributed by atoms with Crippen LogP contribution in [0.2, 0.25) is 0 Å². The zero-order valence-corrected chi connectivity index (χ0v) is 12.8. The van der Waals surface area contributed by atoms with Crippen LogP contribution < -0.4 is 0 Å². The number of ether oxygens (including phenoxy) is 2. The van der Waals surface area contributed by atoms with E-state index in [0.717, 1.165) is 5.56 Å². The Kier molecular flexibility index (Phi) is 7.26. The van der Waals surface area contributed by atoms with E-state index in [1.807, 2.05) is 30.3 Å². The Morgan fingerprint density at radius 3 is 2.50 bits per heavy atom. The Hall–Kier alpha value is -2.75. The first-order valence-electron chi connectivity index (χ1n) is 6.92. The Morgan fingerprint density at radius 2 is 1.95 bits per heavy atom. The predicted molar refractivity (Wildman–Crippen MR) is 86.8 cm³/mol. The highest BCUT2D eigenvalue weighted by atomic mass is 16.6. The van der Waals surface area contributed by atoms with Crippen LogP contribution >= 0.6 is 0 Å². The lowest BCUT2D eigenvalue weighted by Gasteiger charge is -2.12. The number of hydrogen-bond acceptors (Lipinski definition) is 4. The second-order valence-electron chi connectivity index (χ2n) is 4.18. The zero-order valence-electron chi connectivity index (χ0n) is 12.8. The van der Waals surface area contributed by atoms with Crippen LogP contribution in [0.1, 0.15) is 19.4 Å². The van der Waals surface area contributed by atoms with E-state index in [4.69, 9.17) is 9.47 Å². The minimum absolute atomic E-state index is 0.00911. The number of aliphatic hydroxyl groups excluding tert-OH is 1. The first-order chi connectivity index (χ1) is 10.6. The lowest BCUT2D eigenvalue weighted by molar-refractivity contribution is -0.141. The van der Waals surface area contributed by atoms with Crippen LogP contribution in [0, 0.1) is 0 Å². The van der Waals surface area contributed by atoms with Crippen molar-refractivity contribution in [3.63, 3.8) is 0 Å². The smallest absolute Gasteiger partial charge is 0.374 e. The molecule has 1 N–H and O–H groups in total. The molecule has 0 aliphatic heterocycles. The molecule has 4 nitrogen and oxygen atoms in total. The largest absolute Gasteiger partial charge is 0.504 e. The molecule has 0 bridgehead atoms. The molecular weight excluding hydrogens is 280 g/mol. The minimum atomic E-state index is -0.600. The van der Waals surface area contributed by atoms with E-state index in [0.29, 0.717) is 0 Å². The summed E-state index contributed by atoms with van der Waals surface area (Å²) in [4.78, 5) is 12.0. The highest BCUT2D eigenvalue weighted by Crippen LogP contribution is 2.18. The fourth-order valence-corrected chi connectivity index (χ4v) is 1.60. The third-order valence-corrected chi connectivity index (χ3v) is 2.58. The van der Waals surface area contributed by atoms with E-state index in [-0.39, 0.29) is 23.9 Å². The van der Waals surface area contributed by atoms with Crippen LogP contribution in [-0.4, -0.2) is 17.7 Å². The van der Waals surface area contributed by atoms with Gasteiger partial charge in [-0.15, -0.1) is 0 Å². The van der Waals surface area contributed by atoms with E-state index in [1.54, 1.807) is 26.0 Å². The van der Waals surface area contributed by atoms with Crippen molar-refractivity contribution >= 4 is 12.0 Å².